The Balaban J connectivity index is 3.40. The number of halogens is 3. The molecule has 1 aromatic rings. The van der Waals surface area contributed by atoms with Crippen LogP contribution in [0.5, 0.6) is 0 Å². The molecule has 0 saturated heterocycles. The van der Waals surface area contributed by atoms with Crippen molar-refractivity contribution in [3.8, 4) is 0 Å². The topological polar surface area (TPSA) is 20.2 Å². The van der Waals surface area contributed by atoms with Gasteiger partial charge >= 0.3 is 6.18 Å². The summed E-state index contributed by atoms with van der Waals surface area (Å²) in [4.78, 5) is 0. The van der Waals surface area contributed by atoms with E-state index in [1.807, 2.05) is 0 Å². The zero-order valence-corrected chi connectivity index (χ0v) is 5.94. The average molecular weight is 178 g/mol. The van der Waals surface area contributed by atoms with E-state index in [2.05, 4.69) is 0 Å². The summed E-state index contributed by atoms with van der Waals surface area (Å²) in [5, 5.41) is 8.65. The van der Waals surface area contributed by atoms with Crippen LogP contribution in [0, 0.1) is 0 Å². The molecule has 1 rings (SSSR count). The number of rotatable bonds is 1. The molecule has 1 nitrogen and oxygen atoms in total. The normalized spacial score (nSPS) is 14.0. The van der Waals surface area contributed by atoms with E-state index in [4.69, 9.17) is 7.85 Å². The molecule has 0 amide bonds. The van der Waals surface area contributed by atoms with Crippen LogP contribution >= 0.6 is 0 Å². The van der Waals surface area contributed by atoms with Crippen molar-refractivity contribution < 1.29 is 21.0 Å². The minimum Gasteiger partial charge on any atom is -0.392 e. The zero-order chi connectivity index (χ0) is 10.9. The van der Waals surface area contributed by atoms with Crippen molar-refractivity contribution in [1.82, 2.24) is 0 Å². The van der Waals surface area contributed by atoms with Crippen LogP contribution in [0.15, 0.2) is 24.2 Å². The van der Waals surface area contributed by atoms with Crippen molar-refractivity contribution in [2.75, 3.05) is 0 Å². The molecule has 0 atom stereocenters. The first-order valence-corrected chi connectivity index (χ1v) is 3.15. The molecule has 0 unspecified atom stereocenters. The second-order valence-electron chi connectivity index (χ2n) is 2.16. The third-order valence-corrected chi connectivity index (χ3v) is 1.25. The number of alkyl halides is 3. The molecule has 0 heterocycles. The van der Waals surface area contributed by atoms with Gasteiger partial charge < -0.3 is 5.11 Å². The lowest BCUT2D eigenvalue weighted by atomic mass is 10.1. The molecule has 0 saturated carbocycles. The van der Waals surface area contributed by atoms with Gasteiger partial charge in [-0.25, -0.2) is 0 Å². The molecule has 4 heteroatoms. The summed E-state index contributed by atoms with van der Waals surface area (Å²) in [7, 11) is 0. The van der Waals surface area contributed by atoms with Gasteiger partial charge in [-0.3, -0.25) is 0 Å². The lowest BCUT2D eigenvalue weighted by Crippen LogP contribution is -2.05. The highest BCUT2D eigenvalue weighted by Gasteiger charge is 2.30. The Labute approximate surface area is 70.3 Å². The Hall–Kier alpha value is -1.03. The largest absolute Gasteiger partial charge is 0.416 e. The number of benzene rings is 1. The van der Waals surface area contributed by atoms with Gasteiger partial charge in [0.1, 0.15) is 0 Å². The summed E-state index contributed by atoms with van der Waals surface area (Å²) in [6, 6.07) is 0.485. The van der Waals surface area contributed by atoms with Gasteiger partial charge in [-0.05, 0) is 17.6 Å². The van der Waals surface area contributed by atoms with E-state index in [9.17, 15) is 13.2 Å². The highest BCUT2D eigenvalue weighted by Crippen LogP contribution is 2.29. The van der Waals surface area contributed by atoms with Crippen LogP contribution in [-0.2, 0) is 12.8 Å². The molecule has 0 spiro atoms. The van der Waals surface area contributed by atoms with E-state index in [-0.39, 0.29) is 5.56 Å². The van der Waals surface area contributed by atoms with Crippen molar-refractivity contribution in [1.29, 1.82) is 0 Å². The highest BCUT2D eigenvalue weighted by atomic mass is 19.4. The Morgan fingerprint density at radius 2 is 2.17 bits per heavy atom. The first-order chi connectivity index (χ1) is 6.38. The smallest absolute Gasteiger partial charge is 0.392 e. The standard InChI is InChI=1S/C8H7F3O/c9-8(10,11)7-3-1-2-6(4-7)5-12/h1-4,12H,5H2/i3D,4D. The quantitative estimate of drug-likeness (QED) is 0.698. The monoisotopic (exact) mass is 178 g/mol. The summed E-state index contributed by atoms with van der Waals surface area (Å²) >= 11 is 0. The van der Waals surface area contributed by atoms with Gasteiger partial charge in [0.2, 0.25) is 0 Å². The molecule has 1 aromatic carbocycles. The van der Waals surface area contributed by atoms with Gasteiger partial charge in [0.15, 0.2) is 0 Å². The maximum absolute atomic E-state index is 12.3. The van der Waals surface area contributed by atoms with Crippen molar-refractivity contribution in [3.63, 3.8) is 0 Å². The minimum atomic E-state index is -4.72. The Morgan fingerprint density at radius 3 is 2.67 bits per heavy atom. The molecular weight excluding hydrogens is 169 g/mol. The lowest BCUT2D eigenvalue weighted by Gasteiger charge is -2.06. The van der Waals surface area contributed by atoms with Crippen LogP contribution in [0.1, 0.15) is 13.9 Å². The highest BCUT2D eigenvalue weighted by molar-refractivity contribution is 5.24. The number of aliphatic hydroxyl groups excluding tert-OH is 1. The van der Waals surface area contributed by atoms with Crippen molar-refractivity contribution >= 4 is 0 Å². The summed E-state index contributed by atoms with van der Waals surface area (Å²) in [6.07, 6.45) is -4.72. The minimum absolute atomic E-state index is 0.131. The molecular formula is C8H7F3O. The number of hydrogen-bond donors (Lipinski definition) is 1. The van der Waals surface area contributed by atoms with E-state index in [1.54, 1.807) is 0 Å². The van der Waals surface area contributed by atoms with Gasteiger partial charge in [0.05, 0.1) is 14.9 Å². The number of aliphatic hydroxyl groups is 1. The molecule has 0 fully saturated rings. The van der Waals surface area contributed by atoms with E-state index >= 15 is 0 Å². The predicted octanol–water partition coefficient (Wildman–Crippen LogP) is 2.20. The van der Waals surface area contributed by atoms with Gasteiger partial charge in [0.25, 0.3) is 0 Å². The fourth-order valence-electron chi connectivity index (χ4n) is 0.709. The Bertz CT molecular complexity index is 349. The first kappa shape index (κ1) is 6.48. The van der Waals surface area contributed by atoms with Gasteiger partial charge in [-0.2, -0.15) is 13.2 Å². The van der Waals surface area contributed by atoms with Crippen molar-refractivity contribution in [3.05, 3.63) is 35.3 Å². The fourth-order valence-corrected chi connectivity index (χ4v) is 0.709. The fraction of sp³-hybridized carbons (Fsp3) is 0.250. The Morgan fingerprint density at radius 1 is 1.50 bits per heavy atom. The molecule has 0 aliphatic heterocycles. The average Bonchev–Trinajstić information content (AvgIpc) is 2.02. The van der Waals surface area contributed by atoms with E-state index < -0.39 is 30.4 Å². The molecule has 1 N–H and O–H groups in total. The van der Waals surface area contributed by atoms with E-state index in [0.717, 1.165) is 12.1 Å². The molecule has 12 heavy (non-hydrogen) atoms. The SMILES string of the molecule is [2H]c1ccc(CO)c([2H])c1C(F)(F)F. The molecule has 0 aliphatic carbocycles. The maximum Gasteiger partial charge on any atom is 0.416 e. The van der Waals surface area contributed by atoms with Crippen molar-refractivity contribution in [2.24, 2.45) is 0 Å². The summed E-state index contributed by atoms with van der Waals surface area (Å²) in [5.41, 5.74) is -1.43. The van der Waals surface area contributed by atoms with Crippen LogP contribution in [-0.4, -0.2) is 5.11 Å². The molecule has 0 aliphatic rings. The molecule has 0 aromatic heterocycles. The zero-order valence-electron chi connectivity index (χ0n) is 7.94. The van der Waals surface area contributed by atoms with Crippen LogP contribution in [0.4, 0.5) is 13.2 Å². The van der Waals surface area contributed by atoms with Crippen LogP contribution in [0.3, 0.4) is 0 Å². The van der Waals surface area contributed by atoms with Gasteiger partial charge in [0, 0.05) is 0 Å². The third-order valence-electron chi connectivity index (χ3n) is 1.25. The molecule has 0 radical (unpaired) electrons. The van der Waals surface area contributed by atoms with Crippen LogP contribution in [0.25, 0.3) is 0 Å². The summed E-state index contributed by atoms with van der Waals surface area (Å²) < 4.78 is 51.1. The van der Waals surface area contributed by atoms with Gasteiger partial charge in [-0.15, -0.1) is 0 Å². The number of hydrogen-bond acceptors (Lipinski definition) is 1. The molecule has 66 valence electrons. The molecule has 0 bridgehead atoms. The Kier molecular flexibility index (Phi) is 1.70. The van der Waals surface area contributed by atoms with Gasteiger partial charge in [-0.1, -0.05) is 12.1 Å². The van der Waals surface area contributed by atoms with Crippen molar-refractivity contribution in [2.45, 2.75) is 12.8 Å². The second kappa shape index (κ2) is 3.15. The first-order valence-electron chi connectivity index (χ1n) is 4.15. The third kappa shape index (κ3) is 1.98. The van der Waals surface area contributed by atoms with E-state index in [1.165, 1.54) is 0 Å². The lowest BCUT2D eigenvalue weighted by molar-refractivity contribution is -0.137. The predicted molar refractivity (Wildman–Crippen MR) is 37.4 cm³/mol. The second-order valence-corrected chi connectivity index (χ2v) is 2.16. The van der Waals surface area contributed by atoms with E-state index in [0.29, 0.717) is 0 Å². The van der Waals surface area contributed by atoms with Crippen LogP contribution in [0.2, 0.25) is 0 Å². The van der Waals surface area contributed by atoms with Crippen LogP contribution < -0.4 is 0 Å². The summed E-state index contributed by atoms with van der Waals surface area (Å²) in [6.45, 7) is -0.637. The summed E-state index contributed by atoms with van der Waals surface area (Å²) in [5.74, 6) is 0. The maximum atomic E-state index is 12.3.